The van der Waals surface area contributed by atoms with Gasteiger partial charge in [0.15, 0.2) is 16.9 Å². The summed E-state index contributed by atoms with van der Waals surface area (Å²) in [4.78, 5) is 76.5. The van der Waals surface area contributed by atoms with E-state index in [1.165, 1.54) is 16.7 Å². The number of ether oxygens (including phenoxy) is 2. The van der Waals surface area contributed by atoms with Crippen LogP contribution in [-0.4, -0.2) is 74.4 Å². The van der Waals surface area contributed by atoms with Crippen LogP contribution < -0.4 is 16.0 Å². The number of anilines is 1. The van der Waals surface area contributed by atoms with Gasteiger partial charge in [-0.05, 0) is 73.1 Å². The van der Waals surface area contributed by atoms with Crippen LogP contribution in [0.4, 0.5) is 23.1 Å². The van der Waals surface area contributed by atoms with Gasteiger partial charge in [-0.1, -0.05) is 271 Å². The summed E-state index contributed by atoms with van der Waals surface area (Å²) in [6.45, 7) is 5.71. The van der Waals surface area contributed by atoms with Gasteiger partial charge in [-0.3, -0.25) is 19.5 Å². The Bertz CT molecular complexity index is 4230. The lowest BCUT2D eigenvalue weighted by Gasteiger charge is -2.50. The highest BCUT2D eigenvalue weighted by Crippen LogP contribution is 2.48. The number of thioether (sulfide) groups is 2. The standard InChI is InChI=1S/C78H68F3N7O7S3/c1-75(2,3)94-74(92)83-48-49-96-51-54-50-82-47-46-62(54)97-63-45-44-61-64(71(90)88(61)67(63)72(91)93-68(52-28-12-4-13-29-52)53-30-14-5-15-31-53)84-70(89)66(87-95-77(58-38-22-9-23-39-58,59-40-24-10-25-41-59)60-42-26-11-27-43-60)65-69(78(79,80)81)98-73(85-65)86-76(55-32-16-6-17-33-55,56-34-18-7-19-35-56)57-36-20-8-21-37-57/h4-43,46-47,50,61,64,68H,44-45,48-49,51H2,1-3H3,(H,83,92)(H,84,89)(H,85,86)/t61-,64+/m1/s1. The van der Waals surface area contributed by atoms with E-state index in [0.29, 0.717) is 78.8 Å². The zero-order valence-electron chi connectivity index (χ0n) is 53.6. The number of allylic oxidation sites excluding steroid dienone is 1. The van der Waals surface area contributed by atoms with Crippen LogP contribution in [0.5, 0.6) is 0 Å². The fourth-order valence-electron chi connectivity index (χ4n) is 12.2. The van der Waals surface area contributed by atoms with Gasteiger partial charge in [0.2, 0.25) is 5.60 Å². The molecule has 0 spiro atoms. The quantitative estimate of drug-likeness (QED) is 0.0131. The van der Waals surface area contributed by atoms with Crippen LogP contribution in [0.3, 0.4) is 0 Å². The maximum Gasteiger partial charge on any atom is 0.427 e. The summed E-state index contributed by atoms with van der Waals surface area (Å²) in [6.07, 6.45) is -2.84. The van der Waals surface area contributed by atoms with Crippen molar-refractivity contribution in [3.8, 4) is 0 Å². The SMILES string of the molecule is CC(C)(C)OC(=O)NCCSCc1cnccc1SC1=C(C(=O)OC(c2ccccc2)c2ccccc2)N2C(=O)[C@@H](NC(=O)C(=NOC(c3ccccc3)(c3ccccc3)c3ccccc3)c3nc(NC(c4ccccc4)(c4ccccc4)c4ccccc4)sc3C(F)(F)F)[C@H]2CC1. The number of esters is 1. The number of hydrogen-bond donors (Lipinski definition) is 3. The van der Waals surface area contributed by atoms with Crippen LogP contribution in [0, 0.1) is 0 Å². The maximum absolute atomic E-state index is 16.4. The van der Waals surface area contributed by atoms with E-state index in [2.05, 4.69) is 26.1 Å². The number of carbonyl (C=O) groups is 4. The predicted molar refractivity (Wildman–Crippen MR) is 377 cm³/mol. The first-order valence-electron chi connectivity index (χ1n) is 31.8. The second kappa shape index (κ2) is 30.0. The fourth-order valence-corrected chi connectivity index (χ4v) is 15.2. The first-order valence-corrected chi connectivity index (χ1v) is 34.6. The minimum absolute atomic E-state index is 0.0560. The molecule has 8 aromatic carbocycles. The smallest absolute Gasteiger partial charge is 0.427 e. The normalized spacial score (nSPS) is 15.0. The van der Waals surface area contributed by atoms with Crippen LogP contribution >= 0.6 is 34.9 Å². The molecule has 0 saturated carbocycles. The molecule has 3 amide bonds. The number of fused-ring (bicyclic) bond motifs is 1. The lowest BCUT2D eigenvalue weighted by atomic mass is 9.77. The molecule has 0 aliphatic carbocycles. The molecule has 2 aliphatic heterocycles. The van der Waals surface area contributed by atoms with Crippen LogP contribution in [0.15, 0.2) is 282 Å². The first-order chi connectivity index (χ1) is 47.5. The molecular weight excluding hydrogens is 1300 g/mol. The Morgan fingerprint density at radius 1 is 0.663 bits per heavy atom. The molecular formula is C78H68F3N7O7S3. The largest absolute Gasteiger partial charge is 0.448 e. The highest BCUT2D eigenvalue weighted by molar-refractivity contribution is 8.03. The van der Waals surface area contributed by atoms with Gasteiger partial charge in [0, 0.05) is 56.9 Å². The van der Waals surface area contributed by atoms with E-state index in [1.807, 2.05) is 176 Å². The lowest BCUT2D eigenvalue weighted by Crippen LogP contribution is -2.72. The summed E-state index contributed by atoms with van der Waals surface area (Å²) in [5.74, 6) is -1.75. The van der Waals surface area contributed by atoms with Crippen LogP contribution in [-0.2, 0) is 51.8 Å². The third kappa shape index (κ3) is 14.8. The van der Waals surface area contributed by atoms with Crippen molar-refractivity contribution in [3.05, 3.63) is 332 Å². The van der Waals surface area contributed by atoms with Gasteiger partial charge in [0.1, 0.15) is 33.4 Å². The number of alkyl carbamates (subject to hydrolysis) is 1. The van der Waals surface area contributed by atoms with Crippen molar-refractivity contribution in [2.75, 3.05) is 17.6 Å². The average Bonchev–Trinajstić information content (AvgIpc) is 0.865. The molecule has 496 valence electrons. The molecule has 0 radical (unpaired) electrons. The van der Waals surface area contributed by atoms with Gasteiger partial charge in [-0.15, -0.1) is 0 Å². The van der Waals surface area contributed by atoms with E-state index < -0.39 is 81.3 Å². The van der Waals surface area contributed by atoms with Crippen LogP contribution in [0.2, 0.25) is 0 Å². The minimum Gasteiger partial charge on any atom is -0.448 e. The number of nitrogens with zero attached hydrogens (tertiary/aromatic N) is 4. The van der Waals surface area contributed by atoms with Gasteiger partial charge < -0.3 is 30.3 Å². The molecule has 10 aromatic rings. The van der Waals surface area contributed by atoms with Crippen LogP contribution in [0.1, 0.15) is 100 Å². The Hall–Kier alpha value is -10.3. The van der Waals surface area contributed by atoms with E-state index in [4.69, 9.17) is 19.3 Å². The van der Waals surface area contributed by atoms with Gasteiger partial charge in [-0.25, -0.2) is 14.6 Å². The number of amides is 3. The highest BCUT2D eigenvalue weighted by Gasteiger charge is 2.55. The van der Waals surface area contributed by atoms with Gasteiger partial charge in [0.25, 0.3) is 11.8 Å². The number of carbonyl (C=O) groups excluding carboxylic acids is 4. The number of oxime groups is 1. The maximum atomic E-state index is 16.4. The van der Waals surface area contributed by atoms with Crippen molar-refractivity contribution < 1.29 is 46.7 Å². The zero-order chi connectivity index (χ0) is 68.3. The molecule has 2 aromatic heterocycles. The summed E-state index contributed by atoms with van der Waals surface area (Å²) in [5, 5.41) is 13.5. The van der Waals surface area contributed by atoms with Crippen molar-refractivity contribution in [2.24, 2.45) is 5.16 Å². The fraction of sp³-hybridized carbons (Fsp3) is 0.192. The summed E-state index contributed by atoms with van der Waals surface area (Å²) in [5.41, 5.74) is 0.196. The van der Waals surface area contributed by atoms with E-state index in [1.54, 1.807) is 118 Å². The Morgan fingerprint density at radius 2 is 1.14 bits per heavy atom. The van der Waals surface area contributed by atoms with Crippen molar-refractivity contribution in [1.82, 2.24) is 25.5 Å². The van der Waals surface area contributed by atoms with E-state index in [0.717, 1.165) is 10.5 Å². The molecule has 0 unspecified atom stereocenters. The Balaban J connectivity index is 0.950. The molecule has 20 heteroatoms. The molecule has 0 bridgehead atoms. The first kappa shape index (κ1) is 67.7. The summed E-state index contributed by atoms with van der Waals surface area (Å²) >= 11 is 3.13. The molecule has 2 atom stereocenters. The summed E-state index contributed by atoms with van der Waals surface area (Å²) < 4.78 is 61.1. The second-order valence-electron chi connectivity index (χ2n) is 24.2. The van der Waals surface area contributed by atoms with Gasteiger partial charge in [0.05, 0.1) is 6.04 Å². The third-order valence-electron chi connectivity index (χ3n) is 16.6. The van der Waals surface area contributed by atoms with Crippen molar-refractivity contribution >= 4 is 69.6 Å². The topological polar surface area (TPSA) is 173 Å². The number of pyridine rings is 1. The summed E-state index contributed by atoms with van der Waals surface area (Å²) in [7, 11) is 0. The third-order valence-corrected chi connectivity index (χ3v) is 19.9. The molecule has 1 fully saturated rings. The Kier molecular flexibility index (Phi) is 20.7. The number of benzene rings is 8. The second-order valence-corrected chi connectivity index (χ2v) is 27.4. The van der Waals surface area contributed by atoms with Crippen molar-refractivity contribution in [3.63, 3.8) is 0 Å². The number of alkyl halides is 3. The van der Waals surface area contributed by atoms with Crippen molar-refractivity contribution in [2.45, 2.75) is 85.4 Å². The predicted octanol–water partition coefficient (Wildman–Crippen LogP) is 16.3. The van der Waals surface area contributed by atoms with Crippen molar-refractivity contribution in [1.29, 1.82) is 0 Å². The van der Waals surface area contributed by atoms with E-state index in [9.17, 15) is 4.79 Å². The van der Waals surface area contributed by atoms with Gasteiger partial charge >= 0.3 is 18.2 Å². The Labute approximate surface area is 578 Å². The number of thiazole rings is 1. The number of aromatic nitrogens is 2. The molecule has 12 rings (SSSR count). The number of hydrogen-bond acceptors (Lipinski definition) is 14. The average molecular weight is 1370 g/mol. The van der Waals surface area contributed by atoms with E-state index in [-0.39, 0.29) is 23.7 Å². The number of β-lactam (4-membered cyclic amide) rings is 1. The number of rotatable bonds is 24. The molecule has 14 nitrogen and oxygen atoms in total. The number of nitrogens with one attached hydrogen (secondary N) is 3. The Morgan fingerprint density at radius 3 is 1.62 bits per heavy atom. The highest BCUT2D eigenvalue weighted by atomic mass is 32.2. The molecule has 4 heterocycles. The zero-order valence-corrected chi connectivity index (χ0v) is 56.0. The lowest BCUT2D eigenvalue weighted by molar-refractivity contribution is -0.158. The summed E-state index contributed by atoms with van der Waals surface area (Å²) in [6, 6.07) is 72.8. The molecule has 1 saturated heterocycles. The molecule has 98 heavy (non-hydrogen) atoms. The van der Waals surface area contributed by atoms with Crippen LogP contribution in [0.25, 0.3) is 0 Å². The molecule has 2 aliphatic rings. The van der Waals surface area contributed by atoms with Gasteiger partial charge in [-0.2, -0.15) is 24.9 Å². The van der Waals surface area contributed by atoms with E-state index >= 15 is 27.6 Å². The monoisotopic (exact) mass is 1370 g/mol. The molecule has 3 N–H and O–H groups in total. The minimum atomic E-state index is -5.15. The number of halogens is 3.